The molecule has 2 aromatic heterocycles. The predicted molar refractivity (Wildman–Crippen MR) is 94.8 cm³/mol. The highest BCUT2D eigenvalue weighted by Gasteiger charge is 2.26. The van der Waals surface area contributed by atoms with Crippen molar-refractivity contribution in [1.29, 1.82) is 0 Å². The molecule has 3 aromatic rings. The number of benzene rings is 1. The third-order valence-electron chi connectivity index (χ3n) is 4.06. The van der Waals surface area contributed by atoms with Gasteiger partial charge >= 0.3 is 0 Å². The number of nitrogens with zero attached hydrogens (tertiary/aromatic N) is 3. The third-order valence-corrected chi connectivity index (χ3v) is 4.06. The molecule has 1 amide bonds. The Balaban J connectivity index is 1.33. The summed E-state index contributed by atoms with van der Waals surface area (Å²) in [6, 6.07) is 13.0. The topological polar surface area (TPSA) is 78.3 Å². The minimum atomic E-state index is -0.650. The van der Waals surface area contributed by atoms with Crippen LogP contribution in [-0.2, 0) is 11.3 Å². The zero-order valence-electron chi connectivity index (χ0n) is 14.0. The quantitative estimate of drug-likeness (QED) is 0.760. The van der Waals surface area contributed by atoms with Gasteiger partial charge in [-0.25, -0.2) is 4.98 Å². The van der Waals surface area contributed by atoms with Crippen molar-refractivity contribution in [3.8, 4) is 23.0 Å². The number of carbonyl (C=O) groups excluding carboxylic acids is 1. The van der Waals surface area contributed by atoms with Crippen molar-refractivity contribution in [2.24, 2.45) is 0 Å². The lowest BCUT2D eigenvalue weighted by atomic mass is 10.2. The molecular formula is C19H18N4O3. The van der Waals surface area contributed by atoms with E-state index in [2.05, 4.69) is 15.3 Å². The molecule has 1 aliphatic heterocycles. The monoisotopic (exact) mass is 350 g/mol. The first-order valence-corrected chi connectivity index (χ1v) is 8.40. The van der Waals surface area contributed by atoms with Gasteiger partial charge in [0.05, 0.1) is 0 Å². The number of hydrogen-bond acceptors (Lipinski definition) is 5. The summed E-state index contributed by atoms with van der Waals surface area (Å²) in [4.78, 5) is 21.0. The Morgan fingerprint density at radius 1 is 1.12 bits per heavy atom. The lowest BCUT2D eigenvalue weighted by Crippen LogP contribution is -2.44. The van der Waals surface area contributed by atoms with Crippen LogP contribution in [0.1, 0.15) is 0 Å². The number of imidazole rings is 1. The van der Waals surface area contributed by atoms with Crippen LogP contribution < -0.4 is 14.8 Å². The van der Waals surface area contributed by atoms with Gasteiger partial charge in [-0.2, -0.15) is 0 Å². The summed E-state index contributed by atoms with van der Waals surface area (Å²) in [7, 11) is 0. The van der Waals surface area contributed by atoms with Crippen LogP contribution in [0.4, 0.5) is 0 Å². The summed E-state index contributed by atoms with van der Waals surface area (Å²) < 4.78 is 13.2. The van der Waals surface area contributed by atoms with Gasteiger partial charge in [0.15, 0.2) is 17.3 Å². The molecule has 0 aliphatic carbocycles. The number of para-hydroxylation sites is 2. The molecule has 1 aromatic carbocycles. The molecule has 0 fully saturated rings. The van der Waals surface area contributed by atoms with Crippen molar-refractivity contribution >= 4 is 5.91 Å². The molecule has 0 saturated heterocycles. The molecule has 1 N–H and O–H groups in total. The highest BCUT2D eigenvalue weighted by Crippen LogP contribution is 2.30. The molecule has 1 atom stereocenters. The van der Waals surface area contributed by atoms with E-state index in [4.69, 9.17) is 9.47 Å². The zero-order chi connectivity index (χ0) is 17.8. The third kappa shape index (κ3) is 3.37. The van der Waals surface area contributed by atoms with Crippen molar-refractivity contribution in [1.82, 2.24) is 19.9 Å². The number of pyridine rings is 1. The largest absolute Gasteiger partial charge is 0.485 e. The standard InChI is InChI=1S/C19H18N4O3/c24-19(17-13-25-15-6-1-2-7-16(15)26-17)22-10-12-23-11-9-21-18(23)14-5-3-4-8-20-14/h1-9,11,17H,10,12-13H2,(H,22,24). The van der Waals surface area contributed by atoms with Crippen LogP contribution in [0.3, 0.4) is 0 Å². The Morgan fingerprint density at radius 2 is 1.96 bits per heavy atom. The number of hydrogen-bond donors (Lipinski definition) is 1. The number of rotatable bonds is 5. The summed E-state index contributed by atoms with van der Waals surface area (Å²) in [5.41, 5.74) is 0.796. The summed E-state index contributed by atoms with van der Waals surface area (Å²) in [5, 5.41) is 2.89. The lowest BCUT2D eigenvalue weighted by molar-refractivity contribution is -0.130. The van der Waals surface area contributed by atoms with Crippen molar-refractivity contribution in [3.05, 3.63) is 61.1 Å². The normalized spacial score (nSPS) is 15.5. The predicted octanol–water partition coefficient (Wildman–Crippen LogP) is 1.90. The number of ether oxygens (including phenoxy) is 2. The van der Waals surface area contributed by atoms with Crippen molar-refractivity contribution < 1.29 is 14.3 Å². The summed E-state index contributed by atoms with van der Waals surface area (Å²) in [5.74, 6) is 1.82. The van der Waals surface area contributed by atoms with Crippen molar-refractivity contribution in [3.63, 3.8) is 0 Å². The molecule has 0 radical (unpaired) electrons. The average Bonchev–Trinajstić information content (AvgIpc) is 3.17. The van der Waals surface area contributed by atoms with Gasteiger partial charge in [-0.05, 0) is 24.3 Å². The van der Waals surface area contributed by atoms with E-state index in [1.165, 1.54) is 0 Å². The molecule has 3 heterocycles. The Morgan fingerprint density at radius 3 is 2.81 bits per heavy atom. The molecule has 7 nitrogen and oxygen atoms in total. The van der Waals surface area contributed by atoms with Gasteiger partial charge in [0.1, 0.15) is 12.3 Å². The van der Waals surface area contributed by atoms with Crippen molar-refractivity contribution in [2.75, 3.05) is 13.2 Å². The van der Waals surface area contributed by atoms with Gasteiger partial charge < -0.3 is 19.4 Å². The van der Waals surface area contributed by atoms with Crippen LogP contribution in [-0.4, -0.2) is 39.7 Å². The van der Waals surface area contributed by atoms with E-state index >= 15 is 0 Å². The average molecular weight is 350 g/mol. The zero-order valence-corrected chi connectivity index (χ0v) is 14.0. The molecule has 1 aliphatic rings. The van der Waals surface area contributed by atoms with Gasteiger partial charge in [-0.3, -0.25) is 9.78 Å². The maximum atomic E-state index is 12.3. The van der Waals surface area contributed by atoms with Crippen LogP contribution in [0.5, 0.6) is 11.5 Å². The van der Waals surface area contributed by atoms with Crippen LogP contribution in [0.2, 0.25) is 0 Å². The number of fused-ring (bicyclic) bond motifs is 1. The second-order valence-electron chi connectivity index (χ2n) is 5.81. The van der Waals surface area contributed by atoms with E-state index in [1.807, 2.05) is 47.2 Å². The first kappa shape index (κ1) is 16.1. The molecule has 26 heavy (non-hydrogen) atoms. The minimum Gasteiger partial charge on any atom is -0.485 e. The lowest BCUT2D eigenvalue weighted by Gasteiger charge is -2.25. The SMILES string of the molecule is O=C(NCCn1ccnc1-c1ccccn1)C1COc2ccccc2O1. The molecule has 1 unspecified atom stereocenters. The molecule has 0 bridgehead atoms. The maximum absolute atomic E-state index is 12.3. The highest BCUT2D eigenvalue weighted by atomic mass is 16.6. The van der Waals surface area contributed by atoms with E-state index in [9.17, 15) is 4.79 Å². The minimum absolute atomic E-state index is 0.195. The Hall–Kier alpha value is -3.35. The van der Waals surface area contributed by atoms with Crippen LogP contribution in [0.15, 0.2) is 61.1 Å². The summed E-state index contributed by atoms with van der Waals surface area (Å²) in [6.07, 6.45) is 4.67. The van der Waals surface area contributed by atoms with Gasteiger partial charge in [0.25, 0.3) is 5.91 Å². The number of aromatic nitrogens is 3. The fourth-order valence-corrected chi connectivity index (χ4v) is 2.78. The second kappa shape index (κ2) is 7.26. The van der Waals surface area contributed by atoms with Crippen LogP contribution >= 0.6 is 0 Å². The molecule has 0 saturated carbocycles. The maximum Gasteiger partial charge on any atom is 0.264 e. The molecule has 132 valence electrons. The molecule has 0 spiro atoms. The van der Waals surface area contributed by atoms with E-state index < -0.39 is 6.10 Å². The highest BCUT2D eigenvalue weighted by molar-refractivity contribution is 5.81. The first-order chi connectivity index (χ1) is 12.8. The van der Waals surface area contributed by atoms with Crippen molar-refractivity contribution in [2.45, 2.75) is 12.6 Å². The molecule has 7 heteroatoms. The smallest absolute Gasteiger partial charge is 0.264 e. The summed E-state index contributed by atoms with van der Waals surface area (Å²) >= 11 is 0. The van der Waals surface area contributed by atoms with Gasteiger partial charge in [-0.15, -0.1) is 0 Å². The van der Waals surface area contributed by atoms with E-state index in [1.54, 1.807) is 18.5 Å². The van der Waals surface area contributed by atoms with E-state index in [0.717, 1.165) is 11.5 Å². The number of amides is 1. The second-order valence-corrected chi connectivity index (χ2v) is 5.81. The number of nitrogens with one attached hydrogen (secondary N) is 1. The summed E-state index contributed by atoms with van der Waals surface area (Å²) in [6.45, 7) is 1.24. The van der Waals surface area contributed by atoms with Gasteiger partial charge in [0, 0.05) is 31.7 Å². The van der Waals surface area contributed by atoms with Gasteiger partial charge in [0.2, 0.25) is 6.10 Å². The Kier molecular flexibility index (Phi) is 4.51. The Bertz CT molecular complexity index is 895. The molecular weight excluding hydrogens is 332 g/mol. The first-order valence-electron chi connectivity index (χ1n) is 8.40. The van der Waals surface area contributed by atoms with Crippen LogP contribution in [0, 0.1) is 0 Å². The number of carbonyl (C=O) groups is 1. The van der Waals surface area contributed by atoms with Gasteiger partial charge in [-0.1, -0.05) is 18.2 Å². The fourth-order valence-electron chi connectivity index (χ4n) is 2.78. The Labute approximate surface area is 150 Å². The van der Waals surface area contributed by atoms with Crippen LogP contribution in [0.25, 0.3) is 11.5 Å². The fraction of sp³-hybridized carbons (Fsp3) is 0.211. The van der Waals surface area contributed by atoms with E-state index in [0.29, 0.717) is 24.6 Å². The van der Waals surface area contributed by atoms with E-state index in [-0.39, 0.29) is 12.5 Å². The molecule has 4 rings (SSSR count).